The fourth-order valence-electron chi connectivity index (χ4n) is 4.32. The van der Waals surface area contributed by atoms with E-state index >= 15 is 0 Å². The van der Waals surface area contributed by atoms with Crippen LogP contribution in [0.3, 0.4) is 0 Å². The molecule has 4 heteroatoms. The number of thiocarbonyl (C=S) groups is 1. The number of hydrogen-bond donors (Lipinski definition) is 1. The smallest absolute Gasteiger partial charge is 0.194 e. The maximum Gasteiger partial charge on any atom is 0.194 e. The Kier molecular flexibility index (Phi) is 4.41. The minimum absolute atomic E-state index is 0.119. The predicted molar refractivity (Wildman–Crippen MR) is 118 cm³/mol. The summed E-state index contributed by atoms with van der Waals surface area (Å²) in [5.41, 5.74) is 6.04. The summed E-state index contributed by atoms with van der Waals surface area (Å²) < 4.78 is 0. The number of rotatable bonds is 2. The maximum atomic E-state index is 5.80. The van der Waals surface area contributed by atoms with Gasteiger partial charge >= 0.3 is 0 Å². The molecule has 0 bridgehead atoms. The third-order valence-corrected chi connectivity index (χ3v) is 5.89. The van der Waals surface area contributed by atoms with Crippen LogP contribution in [0.4, 0.5) is 5.69 Å². The van der Waals surface area contributed by atoms with Crippen molar-refractivity contribution in [2.75, 3.05) is 5.32 Å². The van der Waals surface area contributed by atoms with E-state index in [1.54, 1.807) is 0 Å². The molecule has 2 atom stereocenters. The molecule has 1 aliphatic carbocycles. The highest BCUT2D eigenvalue weighted by Gasteiger charge is 2.42. The van der Waals surface area contributed by atoms with Crippen molar-refractivity contribution < 1.29 is 0 Å². The Labute approximate surface area is 170 Å². The number of aryl methyl sites for hydroxylation is 1. The quantitative estimate of drug-likeness (QED) is 0.600. The second-order valence-corrected chi connectivity index (χ2v) is 7.67. The van der Waals surface area contributed by atoms with Crippen LogP contribution in [0.5, 0.6) is 0 Å². The minimum Gasteiger partial charge on any atom is -0.331 e. The van der Waals surface area contributed by atoms with Gasteiger partial charge in [-0.1, -0.05) is 72.8 Å². The molecule has 1 heterocycles. The number of nitrogens with one attached hydrogen (secondary N) is 1. The molecule has 3 aromatic carbocycles. The normalized spacial score (nSPS) is 20.1. The largest absolute Gasteiger partial charge is 0.331 e. The van der Waals surface area contributed by atoms with Gasteiger partial charge in [0.05, 0.1) is 11.8 Å². The van der Waals surface area contributed by atoms with Crippen LogP contribution >= 0.6 is 12.2 Å². The van der Waals surface area contributed by atoms with Gasteiger partial charge in [0.2, 0.25) is 0 Å². The lowest BCUT2D eigenvalue weighted by molar-refractivity contribution is 0.311. The summed E-state index contributed by atoms with van der Waals surface area (Å²) in [6.07, 6.45) is 2.16. The first-order valence-corrected chi connectivity index (χ1v) is 10.1. The zero-order valence-electron chi connectivity index (χ0n) is 15.5. The van der Waals surface area contributed by atoms with E-state index in [1.807, 2.05) is 35.3 Å². The van der Waals surface area contributed by atoms with Gasteiger partial charge in [0.1, 0.15) is 0 Å². The Morgan fingerprint density at radius 3 is 2.36 bits per heavy atom. The minimum atomic E-state index is 0.119. The molecule has 1 N–H and O–H groups in total. The van der Waals surface area contributed by atoms with Crippen molar-refractivity contribution in [3.8, 4) is 0 Å². The number of nitrogens with zero attached hydrogens (tertiary/aromatic N) is 2. The van der Waals surface area contributed by atoms with Crippen molar-refractivity contribution in [3.63, 3.8) is 0 Å². The van der Waals surface area contributed by atoms with E-state index in [-0.39, 0.29) is 6.04 Å². The zero-order chi connectivity index (χ0) is 18.9. The topological polar surface area (TPSA) is 27.6 Å². The van der Waals surface area contributed by atoms with Crippen molar-refractivity contribution in [3.05, 3.63) is 102 Å². The molecule has 2 aliphatic rings. The molecule has 2 unspecified atom stereocenters. The molecule has 138 valence electrons. The third-order valence-electron chi connectivity index (χ3n) is 5.60. The summed E-state index contributed by atoms with van der Waals surface area (Å²) >= 11 is 5.80. The highest BCUT2D eigenvalue weighted by atomic mass is 32.1. The molecule has 0 spiro atoms. The Bertz CT molecular complexity index is 1030. The zero-order valence-corrected chi connectivity index (χ0v) is 16.3. The maximum absolute atomic E-state index is 5.80. The lowest BCUT2D eigenvalue weighted by Gasteiger charge is -2.30. The highest BCUT2D eigenvalue weighted by molar-refractivity contribution is 7.80. The molecule has 0 saturated carbocycles. The molecular weight excluding hydrogens is 362 g/mol. The number of fused-ring (bicyclic) bond motifs is 3. The first-order valence-electron chi connectivity index (χ1n) is 9.68. The molecule has 3 aromatic rings. The molecule has 0 saturated heterocycles. The van der Waals surface area contributed by atoms with Crippen LogP contribution in [0.15, 0.2) is 90.0 Å². The van der Waals surface area contributed by atoms with E-state index in [1.165, 1.54) is 16.7 Å². The Hall–Kier alpha value is -2.98. The number of anilines is 1. The predicted octanol–water partition coefficient (Wildman–Crippen LogP) is 5.41. The van der Waals surface area contributed by atoms with Crippen LogP contribution in [-0.4, -0.2) is 15.8 Å². The highest BCUT2D eigenvalue weighted by Crippen LogP contribution is 2.43. The van der Waals surface area contributed by atoms with E-state index in [0.29, 0.717) is 11.0 Å². The van der Waals surface area contributed by atoms with Crippen molar-refractivity contribution in [1.82, 2.24) is 5.01 Å². The lowest BCUT2D eigenvalue weighted by Crippen LogP contribution is -2.34. The van der Waals surface area contributed by atoms with Crippen LogP contribution in [0, 0.1) is 5.92 Å². The van der Waals surface area contributed by atoms with Gasteiger partial charge in [0.15, 0.2) is 5.11 Å². The van der Waals surface area contributed by atoms with E-state index in [0.717, 1.165) is 24.2 Å². The molecular formula is C24H21N3S. The van der Waals surface area contributed by atoms with Crippen LogP contribution in [-0.2, 0) is 6.42 Å². The summed E-state index contributed by atoms with van der Waals surface area (Å²) in [5, 5.41) is 11.1. The molecule has 28 heavy (non-hydrogen) atoms. The van der Waals surface area contributed by atoms with Crippen LogP contribution in [0.1, 0.15) is 29.2 Å². The van der Waals surface area contributed by atoms with Gasteiger partial charge in [0.25, 0.3) is 0 Å². The Morgan fingerprint density at radius 1 is 0.893 bits per heavy atom. The van der Waals surface area contributed by atoms with E-state index in [2.05, 4.69) is 59.9 Å². The average Bonchev–Trinajstić information content (AvgIpc) is 3.15. The summed E-state index contributed by atoms with van der Waals surface area (Å²) in [6.45, 7) is 0. The van der Waals surface area contributed by atoms with Gasteiger partial charge in [-0.25, -0.2) is 5.01 Å². The second-order valence-electron chi connectivity index (χ2n) is 7.28. The summed E-state index contributed by atoms with van der Waals surface area (Å²) in [4.78, 5) is 0. The van der Waals surface area contributed by atoms with Gasteiger partial charge in [-0.15, -0.1) is 0 Å². The Balaban J connectivity index is 1.55. The van der Waals surface area contributed by atoms with Crippen molar-refractivity contribution >= 4 is 28.7 Å². The van der Waals surface area contributed by atoms with E-state index < -0.39 is 0 Å². The fourth-order valence-corrected chi connectivity index (χ4v) is 4.59. The van der Waals surface area contributed by atoms with Gasteiger partial charge in [0, 0.05) is 17.2 Å². The molecule has 0 amide bonds. The van der Waals surface area contributed by atoms with Crippen LogP contribution < -0.4 is 5.32 Å². The molecule has 1 aliphatic heterocycles. The standard InChI is InChI=1S/C24H21N3S/c28-24(25-19-12-5-2-6-13-19)27-23(18-10-3-1-4-11-18)21-16-15-17-9-7-8-14-20(17)22(21)26-27/h1-14,21,23H,15-16H2,(H,25,28). The van der Waals surface area contributed by atoms with E-state index in [9.17, 15) is 0 Å². The van der Waals surface area contributed by atoms with Gasteiger partial charge in [-0.3, -0.25) is 0 Å². The molecule has 0 fully saturated rings. The second kappa shape index (κ2) is 7.21. The SMILES string of the molecule is S=C(Nc1ccccc1)N1N=C2c3ccccc3CCC2C1c1ccccc1. The number of para-hydroxylation sites is 1. The van der Waals surface area contributed by atoms with Crippen molar-refractivity contribution in [1.29, 1.82) is 0 Å². The van der Waals surface area contributed by atoms with E-state index in [4.69, 9.17) is 17.3 Å². The van der Waals surface area contributed by atoms with Crippen molar-refractivity contribution in [2.24, 2.45) is 11.0 Å². The first kappa shape index (κ1) is 17.1. The average molecular weight is 384 g/mol. The first-order chi connectivity index (χ1) is 13.8. The van der Waals surface area contributed by atoms with Crippen LogP contribution in [0.2, 0.25) is 0 Å². The van der Waals surface area contributed by atoms with Gasteiger partial charge in [-0.2, -0.15) is 5.10 Å². The summed E-state index contributed by atoms with van der Waals surface area (Å²) in [5.74, 6) is 0.341. The molecule has 0 aromatic heterocycles. The Morgan fingerprint density at radius 2 is 1.57 bits per heavy atom. The number of benzene rings is 3. The number of hydrazone groups is 1. The lowest BCUT2D eigenvalue weighted by atomic mass is 9.77. The fraction of sp³-hybridized carbons (Fsp3) is 0.167. The molecule has 3 nitrogen and oxygen atoms in total. The van der Waals surface area contributed by atoms with Gasteiger partial charge < -0.3 is 5.32 Å². The summed E-state index contributed by atoms with van der Waals surface area (Å²) in [6, 6.07) is 29.4. The summed E-state index contributed by atoms with van der Waals surface area (Å²) in [7, 11) is 0. The monoisotopic (exact) mass is 383 g/mol. The molecule has 0 radical (unpaired) electrons. The van der Waals surface area contributed by atoms with Crippen LogP contribution in [0.25, 0.3) is 0 Å². The number of hydrogen-bond acceptors (Lipinski definition) is 2. The molecule has 5 rings (SSSR count). The van der Waals surface area contributed by atoms with Crippen molar-refractivity contribution in [2.45, 2.75) is 18.9 Å². The van der Waals surface area contributed by atoms with Gasteiger partial charge in [-0.05, 0) is 48.3 Å². The third kappa shape index (κ3) is 3.00.